The summed E-state index contributed by atoms with van der Waals surface area (Å²) in [6.45, 7) is 1.93. The largest absolute Gasteiger partial charge is 0.397 e. The van der Waals surface area contributed by atoms with Gasteiger partial charge < -0.3 is 5.11 Å². The first-order valence-corrected chi connectivity index (χ1v) is 1.02. The van der Waals surface area contributed by atoms with Crippen molar-refractivity contribution in [2.75, 3.05) is 6.61 Å². The maximum atomic E-state index is 7.57. The quantitative estimate of drug-likeness (QED) is 0.534. The number of hydrogen-bond acceptors (Lipinski definition) is 1. The van der Waals surface area contributed by atoms with Crippen LogP contribution in [0.15, 0.2) is 0 Å². The molecule has 0 unspecified atom stereocenters. The van der Waals surface area contributed by atoms with Gasteiger partial charge >= 0.3 is 23.1 Å². The number of aliphatic hydroxyl groups is 1. The van der Waals surface area contributed by atoms with Gasteiger partial charge in [0.15, 0.2) is 0 Å². The van der Waals surface area contributed by atoms with Gasteiger partial charge in [0.05, 0.1) is 0 Å². The molecule has 0 radical (unpaired) electrons. The van der Waals surface area contributed by atoms with E-state index in [1.54, 1.807) is 6.92 Å². The Morgan fingerprint density at radius 3 is 1.29 bits per heavy atom. The molecule has 0 atom stereocenters. The Morgan fingerprint density at radius 1 is 1.29 bits per heavy atom. The summed E-state index contributed by atoms with van der Waals surface area (Å²) in [6.07, 6.45) is 0. The van der Waals surface area contributed by atoms with Crippen LogP contribution in [-0.4, -0.2) is 34.8 Å². The van der Waals surface area contributed by atoms with Crippen molar-refractivity contribution in [2.24, 2.45) is 0 Å². The zero-order valence-electron chi connectivity index (χ0n) is 3.47. The molecule has 0 amide bonds. The minimum Gasteiger partial charge on any atom is -0.397 e. The Kier molecular flexibility index (Phi) is 222. The third-order valence-corrected chi connectivity index (χ3v) is 0. The summed E-state index contributed by atoms with van der Waals surface area (Å²) in [7, 11) is 0. The minimum absolute atomic E-state index is 0. The molecule has 0 fully saturated rings. The predicted molar refractivity (Wildman–Crippen MR) is 35.8 cm³/mol. The molecular formula is C2H10Cl2MgOTi. The maximum Gasteiger partial charge on any atom is 0.316 e. The fourth-order valence-corrected chi connectivity index (χ4v) is 0. The molecule has 0 aliphatic heterocycles. The monoisotopic (exact) mass is 192 g/mol. The molecule has 0 saturated carbocycles. The molecule has 0 spiro atoms. The van der Waals surface area contributed by atoms with E-state index in [0.29, 0.717) is 0 Å². The van der Waals surface area contributed by atoms with Crippen LogP contribution in [0.25, 0.3) is 0 Å². The van der Waals surface area contributed by atoms with Crippen LogP contribution < -0.4 is 0 Å². The fraction of sp³-hybridized carbons (Fsp3) is 1.00. The molecule has 44 valence electrons. The van der Waals surface area contributed by atoms with Crippen molar-refractivity contribution in [1.82, 2.24) is 0 Å². The second-order valence-electron chi connectivity index (χ2n) is 0.316. The van der Waals surface area contributed by atoms with Gasteiger partial charge in [0.2, 0.25) is 0 Å². The summed E-state index contributed by atoms with van der Waals surface area (Å²) in [5, 5.41) is 7.57. The molecule has 0 aromatic heterocycles. The van der Waals surface area contributed by atoms with E-state index in [1.165, 1.54) is 0 Å². The van der Waals surface area contributed by atoms with Crippen LogP contribution in [0.5, 0.6) is 0 Å². The van der Waals surface area contributed by atoms with Gasteiger partial charge in [-0.1, -0.05) is 0 Å². The molecule has 1 N–H and O–H groups in total. The standard InChI is InChI=1S/C2H6O.2ClH.Mg.Ti.2H/c1-2-3;;;;;;/h3H,2H2,1H3;2*1H;;;;. The summed E-state index contributed by atoms with van der Waals surface area (Å²) in [4.78, 5) is 0. The van der Waals surface area contributed by atoms with Gasteiger partial charge in [0, 0.05) is 28.3 Å². The molecule has 0 aliphatic carbocycles. The Hall–Kier alpha value is 2.02. The number of halogens is 2. The van der Waals surface area contributed by atoms with Crippen LogP contribution in [0.2, 0.25) is 0 Å². The Morgan fingerprint density at radius 2 is 1.29 bits per heavy atom. The third kappa shape index (κ3) is 71.2. The van der Waals surface area contributed by atoms with E-state index in [2.05, 4.69) is 0 Å². The summed E-state index contributed by atoms with van der Waals surface area (Å²) in [6, 6.07) is 0. The molecule has 7 heavy (non-hydrogen) atoms. The summed E-state index contributed by atoms with van der Waals surface area (Å²) < 4.78 is 0. The molecule has 0 heterocycles. The van der Waals surface area contributed by atoms with Crippen LogP contribution in [0, 0.1) is 0 Å². The Balaban J connectivity index is -0.00000000333. The van der Waals surface area contributed by atoms with E-state index in [1.807, 2.05) is 0 Å². The van der Waals surface area contributed by atoms with Crippen LogP contribution in [-0.2, 0) is 21.7 Å². The molecule has 0 rings (SSSR count). The zero-order valence-corrected chi connectivity index (χ0v) is 6.67. The molecule has 5 heteroatoms. The summed E-state index contributed by atoms with van der Waals surface area (Å²) in [5.74, 6) is 0. The van der Waals surface area contributed by atoms with Crippen molar-refractivity contribution in [3.8, 4) is 0 Å². The average molecular weight is 193 g/mol. The first-order chi connectivity index (χ1) is 1.41. The smallest absolute Gasteiger partial charge is 0.316 e. The van der Waals surface area contributed by atoms with Crippen LogP contribution in [0.4, 0.5) is 0 Å². The first-order valence-electron chi connectivity index (χ1n) is 1.02. The van der Waals surface area contributed by atoms with Gasteiger partial charge in [-0.3, -0.25) is 0 Å². The topological polar surface area (TPSA) is 20.2 Å². The van der Waals surface area contributed by atoms with Crippen molar-refractivity contribution in [3.05, 3.63) is 0 Å². The normalized spacial score (nSPS) is 2.57. The molecule has 0 aliphatic rings. The molecule has 0 aromatic carbocycles. The Bertz CT molecular complexity index is 15.7. The van der Waals surface area contributed by atoms with Crippen molar-refractivity contribution in [3.63, 3.8) is 0 Å². The SMILES string of the molecule is CCO.Cl.Cl.[MgH2].[Ti]. The van der Waals surface area contributed by atoms with Gasteiger partial charge in [0.25, 0.3) is 0 Å². The second kappa shape index (κ2) is 43.3. The third-order valence-electron chi connectivity index (χ3n) is 0. The van der Waals surface area contributed by atoms with Crippen molar-refractivity contribution in [1.29, 1.82) is 0 Å². The summed E-state index contributed by atoms with van der Waals surface area (Å²) in [5.41, 5.74) is 0. The van der Waals surface area contributed by atoms with Gasteiger partial charge in [0.1, 0.15) is 0 Å². The van der Waals surface area contributed by atoms with Gasteiger partial charge in [-0.15, -0.1) is 24.8 Å². The van der Waals surface area contributed by atoms with Gasteiger partial charge in [-0.25, -0.2) is 0 Å². The number of hydrogen-bond donors (Lipinski definition) is 1. The van der Waals surface area contributed by atoms with E-state index in [-0.39, 0.29) is 76.2 Å². The van der Waals surface area contributed by atoms with Gasteiger partial charge in [-0.05, 0) is 6.92 Å². The fourth-order valence-electron chi connectivity index (χ4n) is 0. The van der Waals surface area contributed by atoms with Crippen molar-refractivity contribution >= 4 is 47.9 Å². The van der Waals surface area contributed by atoms with Crippen molar-refractivity contribution in [2.45, 2.75) is 6.92 Å². The predicted octanol–water partition coefficient (Wildman–Crippen LogP) is -0.0765. The van der Waals surface area contributed by atoms with E-state index in [9.17, 15) is 0 Å². The molecule has 0 bridgehead atoms. The van der Waals surface area contributed by atoms with Crippen LogP contribution >= 0.6 is 24.8 Å². The van der Waals surface area contributed by atoms with E-state index >= 15 is 0 Å². The molecule has 0 aromatic rings. The van der Waals surface area contributed by atoms with E-state index in [4.69, 9.17) is 5.11 Å². The minimum atomic E-state index is 0. The first kappa shape index (κ1) is 35.9. The molecule has 0 saturated heterocycles. The van der Waals surface area contributed by atoms with Crippen LogP contribution in [0.1, 0.15) is 6.92 Å². The molecule has 1 nitrogen and oxygen atoms in total. The van der Waals surface area contributed by atoms with Crippen molar-refractivity contribution < 1.29 is 26.8 Å². The zero-order chi connectivity index (χ0) is 2.71. The van der Waals surface area contributed by atoms with E-state index in [0.717, 1.165) is 0 Å². The average Bonchev–Trinajstić information content (AvgIpc) is 0.918. The molecular weight excluding hydrogens is 183 g/mol. The second-order valence-corrected chi connectivity index (χ2v) is 0.316. The number of rotatable bonds is 0. The Labute approximate surface area is 87.5 Å². The number of aliphatic hydroxyl groups excluding tert-OH is 1. The van der Waals surface area contributed by atoms with E-state index < -0.39 is 0 Å². The van der Waals surface area contributed by atoms with Gasteiger partial charge in [-0.2, -0.15) is 0 Å². The maximum absolute atomic E-state index is 7.57. The van der Waals surface area contributed by atoms with Crippen LogP contribution in [0.3, 0.4) is 0 Å². The summed E-state index contributed by atoms with van der Waals surface area (Å²) >= 11 is 0.